The fraction of sp³-hybridized carbons (Fsp3) is 0.611. The first-order valence-electron chi connectivity index (χ1n) is 8.52. The molecule has 2 bridgehead atoms. The van der Waals surface area contributed by atoms with Crippen molar-refractivity contribution in [2.45, 2.75) is 45.4 Å². The van der Waals surface area contributed by atoms with Crippen LogP contribution in [0.25, 0.3) is 0 Å². The Bertz CT molecular complexity index is 539. The third-order valence-electron chi connectivity index (χ3n) is 4.56. The fourth-order valence-corrected chi connectivity index (χ4v) is 3.40. The predicted octanol–water partition coefficient (Wildman–Crippen LogP) is 2.79. The maximum absolute atomic E-state index is 12.0. The van der Waals surface area contributed by atoms with E-state index < -0.39 is 0 Å². The third-order valence-corrected chi connectivity index (χ3v) is 4.56. The van der Waals surface area contributed by atoms with Gasteiger partial charge in [-0.15, -0.1) is 0 Å². The van der Waals surface area contributed by atoms with Crippen molar-refractivity contribution in [3.63, 3.8) is 0 Å². The average Bonchev–Trinajstić information content (AvgIpc) is 2.54. The van der Waals surface area contributed by atoms with E-state index in [4.69, 9.17) is 9.47 Å². The maximum atomic E-state index is 12.0. The van der Waals surface area contributed by atoms with Crippen LogP contribution in [0.1, 0.15) is 32.3 Å². The number of amides is 1. The average molecular weight is 318 g/mol. The Morgan fingerprint density at radius 1 is 1.35 bits per heavy atom. The smallest absolute Gasteiger partial charge is 0.407 e. The SMILES string of the molecule is CC(C)Oc1cccc(CNC(=O)OC2CN3CCC2CC3)c1. The van der Waals surface area contributed by atoms with Gasteiger partial charge in [-0.3, -0.25) is 4.90 Å². The highest BCUT2D eigenvalue weighted by Gasteiger charge is 2.36. The minimum atomic E-state index is -0.320. The Morgan fingerprint density at radius 3 is 2.78 bits per heavy atom. The molecule has 3 aliphatic rings. The van der Waals surface area contributed by atoms with Gasteiger partial charge in [-0.2, -0.15) is 0 Å². The van der Waals surface area contributed by atoms with Crippen LogP contribution < -0.4 is 10.1 Å². The summed E-state index contributed by atoms with van der Waals surface area (Å²) >= 11 is 0. The zero-order valence-corrected chi connectivity index (χ0v) is 14.0. The summed E-state index contributed by atoms with van der Waals surface area (Å²) in [7, 11) is 0. The number of alkyl carbamates (subject to hydrolysis) is 1. The number of nitrogens with zero attached hydrogens (tertiary/aromatic N) is 1. The van der Waals surface area contributed by atoms with Crippen molar-refractivity contribution >= 4 is 6.09 Å². The molecule has 1 amide bonds. The molecule has 3 fully saturated rings. The number of ether oxygens (including phenoxy) is 2. The summed E-state index contributed by atoms with van der Waals surface area (Å²) in [6, 6.07) is 7.79. The van der Waals surface area contributed by atoms with Crippen LogP contribution in [0.5, 0.6) is 5.75 Å². The van der Waals surface area contributed by atoms with E-state index in [1.165, 1.54) is 0 Å². The van der Waals surface area contributed by atoms with Gasteiger partial charge in [-0.25, -0.2) is 4.79 Å². The third kappa shape index (κ3) is 4.38. The van der Waals surface area contributed by atoms with Gasteiger partial charge in [-0.1, -0.05) is 12.1 Å². The number of carbonyl (C=O) groups is 1. The molecule has 4 rings (SSSR count). The highest BCUT2D eigenvalue weighted by Crippen LogP contribution is 2.29. The lowest BCUT2D eigenvalue weighted by Gasteiger charge is -2.43. The number of benzene rings is 1. The van der Waals surface area contributed by atoms with Gasteiger partial charge in [0.25, 0.3) is 0 Å². The first kappa shape index (κ1) is 16.1. The van der Waals surface area contributed by atoms with E-state index in [0.29, 0.717) is 12.5 Å². The number of rotatable bonds is 5. The largest absolute Gasteiger partial charge is 0.491 e. The van der Waals surface area contributed by atoms with E-state index in [-0.39, 0.29) is 18.3 Å². The topological polar surface area (TPSA) is 50.8 Å². The Kier molecular flexibility index (Phi) is 5.06. The van der Waals surface area contributed by atoms with Crippen molar-refractivity contribution in [2.24, 2.45) is 5.92 Å². The molecule has 5 heteroatoms. The number of piperidine rings is 3. The second-order valence-electron chi connectivity index (χ2n) is 6.75. The summed E-state index contributed by atoms with van der Waals surface area (Å²) in [4.78, 5) is 14.4. The van der Waals surface area contributed by atoms with Crippen LogP contribution in [-0.2, 0) is 11.3 Å². The van der Waals surface area contributed by atoms with Gasteiger partial charge in [0.2, 0.25) is 0 Å². The standard InChI is InChI=1S/C18H26N2O3/c1-13(2)22-16-5-3-4-14(10-16)11-19-18(21)23-17-12-20-8-6-15(17)7-9-20/h3-5,10,13,15,17H,6-9,11-12H2,1-2H3,(H,19,21). The number of nitrogens with one attached hydrogen (secondary N) is 1. The molecule has 0 saturated carbocycles. The predicted molar refractivity (Wildman–Crippen MR) is 88.5 cm³/mol. The minimum absolute atomic E-state index is 0.0492. The second-order valence-corrected chi connectivity index (χ2v) is 6.75. The van der Waals surface area contributed by atoms with Gasteiger partial charge < -0.3 is 14.8 Å². The van der Waals surface area contributed by atoms with Crippen LogP contribution in [0.3, 0.4) is 0 Å². The Balaban J connectivity index is 1.47. The molecular weight excluding hydrogens is 292 g/mol. The lowest BCUT2D eigenvalue weighted by molar-refractivity contribution is -0.0332. The Morgan fingerprint density at radius 2 is 2.13 bits per heavy atom. The summed E-state index contributed by atoms with van der Waals surface area (Å²) in [5.74, 6) is 1.36. The molecule has 0 radical (unpaired) electrons. The van der Waals surface area contributed by atoms with Crippen LogP contribution in [0.2, 0.25) is 0 Å². The molecule has 1 atom stereocenters. The van der Waals surface area contributed by atoms with Crippen LogP contribution in [0.4, 0.5) is 4.79 Å². The van der Waals surface area contributed by atoms with Crippen molar-refractivity contribution in [3.05, 3.63) is 29.8 Å². The summed E-state index contributed by atoms with van der Waals surface area (Å²) in [6.07, 6.45) is 2.16. The van der Waals surface area contributed by atoms with E-state index >= 15 is 0 Å². The van der Waals surface area contributed by atoms with Gasteiger partial charge >= 0.3 is 6.09 Å². The number of fused-ring (bicyclic) bond motifs is 3. The molecule has 5 nitrogen and oxygen atoms in total. The molecule has 3 saturated heterocycles. The van der Waals surface area contributed by atoms with Crippen LogP contribution in [-0.4, -0.2) is 42.8 Å². The molecular formula is C18H26N2O3. The number of carbonyl (C=O) groups excluding carboxylic acids is 1. The van der Waals surface area contributed by atoms with Crippen LogP contribution in [0, 0.1) is 5.92 Å². The molecule has 23 heavy (non-hydrogen) atoms. The lowest BCUT2D eigenvalue weighted by Crippen LogP contribution is -2.52. The van der Waals surface area contributed by atoms with Gasteiger partial charge in [0.15, 0.2) is 0 Å². The zero-order valence-electron chi connectivity index (χ0n) is 14.0. The molecule has 1 N–H and O–H groups in total. The summed E-state index contributed by atoms with van der Waals surface area (Å²) in [5.41, 5.74) is 1.01. The summed E-state index contributed by atoms with van der Waals surface area (Å²) in [5, 5.41) is 2.85. The van der Waals surface area contributed by atoms with Crippen LogP contribution in [0.15, 0.2) is 24.3 Å². The Hall–Kier alpha value is -1.75. The van der Waals surface area contributed by atoms with Gasteiger partial charge in [0.05, 0.1) is 6.10 Å². The molecule has 3 heterocycles. The zero-order chi connectivity index (χ0) is 16.2. The maximum Gasteiger partial charge on any atom is 0.407 e. The van der Waals surface area contributed by atoms with Crippen molar-refractivity contribution in [1.82, 2.24) is 10.2 Å². The first-order valence-corrected chi connectivity index (χ1v) is 8.52. The highest BCUT2D eigenvalue weighted by molar-refractivity contribution is 5.67. The van der Waals surface area contributed by atoms with Crippen molar-refractivity contribution in [1.29, 1.82) is 0 Å². The van der Waals surface area contributed by atoms with E-state index in [1.807, 2.05) is 38.1 Å². The molecule has 1 unspecified atom stereocenters. The minimum Gasteiger partial charge on any atom is -0.491 e. The van der Waals surface area contributed by atoms with Crippen molar-refractivity contribution in [2.75, 3.05) is 19.6 Å². The molecule has 0 aliphatic carbocycles. The molecule has 0 aromatic heterocycles. The summed E-state index contributed by atoms with van der Waals surface area (Å²) < 4.78 is 11.3. The molecule has 1 aromatic carbocycles. The summed E-state index contributed by atoms with van der Waals surface area (Å²) in [6.45, 7) is 7.63. The monoisotopic (exact) mass is 318 g/mol. The van der Waals surface area contributed by atoms with E-state index in [2.05, 4.69) is 10.2 Å². The van der Waals surface area contributed by atoms with E-state index in [0.717, 1.165) is 43.8 Å². The number of hydrogen-bond acceptors (Lipinski definition) is 4. The molecule has 0 spiro atoms. The molecule has 1 aromatic rings. The lowest BCUT2D eigenvalue weighted by atomic mass is 9.86. The van der Waals surface area contributed by atoms with Gasteiger partial charge in [0, 0.05) is 13.1 Å². The van der Waals surface area contributed by atoms with E-state index in [9.17, 15) is 4.79 Å². The molecule has 3 aliphatic heterocycles. The van der Waals surface area contributed by atoms with Gasteiger partial charge in [0.1, 0.15) is 11.9 Å². The fourth-order valence-electron chi connectivity index (χ4n) is 3.40. The quantitative estimate of drug-likeness (QED) is 0.907. The normalized spacial score (nSPS) is 26.1. The van der Waals surface area contributed by atoms with Crippen molar-refractivity contribution < 1.29 is 14.3 Å². The number of hydrogen-bond donors (Lipinski definition) is 1. The second kappa shape index (κ2) is 7.21. The highest BCUT2D eigenvalue weighted by atomic mass is 16.6. The van der Waals surface area contributed by atoms with E-state index in [1.54, 1.807) is 0 Å². The van der Waals surface area contributed by atoms with Crippen LogP contribution >= 0.6 is 0 Å². The van der Waals surface area contributed by atoms with Crippen molar-refractivity contribution in [3.8, 4) is 5.75 Å². The molecule has 126 valence electrons. The van der Waals surface area contributed by atoms with Gasteiger partial charge in [-0.05, 0) is 63.4 Å². The first-order chi connectivity index (χ1) is 11.1. The Labute approximate surface area is 137 Å².